The average molecular weight is 376 g/mol. The summed E-state index contributed by atoms with van der Waals surface area (Å²) in [6, 6.07) is 9.34. The van der Waals surface area contributed by atoms with E-state index < -0.39 is 16.4 Å². The zero-order chi connectivity index (χ0) is 20.2. The number of benzene rings is 1. The highest BCUT2D eigenvalue weighted by Crippen LogP contribution is 2.46. The van der Waals surface area contributed by atoms with Gasteiger partial charge >= 0.3 is 0 Å². The van der Waals surface area contributed by atoms with E-state index in [0.29, 0.717) is 17.7 Å². The molecule has 0 aromatic heterocycles. The van der Waals surface area contributed by atoms with Crippen molar-refractivity contribution in [1.82, 2.24) is 5.32 Å². The van der Waals surface area contributed by atoms with E-state index in [4.69, 9.17) is 0 Å². The van der Waals surface area contributed by atoms with Gasteiger partial charge in [-0.25, -0.2) is 8.78 Å². The van der Waals surface area contributed by atoms with Crippen molar-refractivity contribution in [2.24, 2.45) is 5.92 Å². The Kier molecular flexibility index (Phi) is 6.19. The Morgan fingerprint density at radius 2 is 1.93 bits per heavy atom. The molecule has 1 aromatic rings. The van der Waals surface area contributed by atoms with Crippen LogP contribution in [0.15, 0.2) is 60.5 Å². The summed E-state index contributed by atoms with van der Waals surface area (Å²) in [5.41, 5.74) is 0.934. The van der Waals surface area contributed by atoms with Crippen molar-refractivity contribution >= 4 is 5.57 Å². The topological polar surface area (TPSA) is 55.2 Å². The second-order valence-corrected chi connectivity index (χ2v) is 7.49. The van der Waals surface area contributed by atoms with Crippen LogP contribution >= 0.6 is 0 Å². The molecular formula is C21H26F2N2O2. The number of nitro groups is 1. The van der Waals surface area contributed by atoms with Crippen LogP contribution in [0, 0.1) is 16.0 Å². The van der Waals surface area contributed by atoms with Gasteiger partial charge in [-0.1, -0.05) is 50.8 Å². The monoisotopic (exact) mass is 376 g/mol. The van der Waals surface area contributed by atoms with Crippen LogP contribution in [-0.4, -0.2) is 16.4 Å². The predicted octanol–water partition coefficient (Wildman–Crippen LogP) is 5.57. The Labute approximate surface area is 158 Å². The number of hydrogen-bond donors (Lipinski definition) is 1. The quantitative estimate of drug-likeness (QED) is 0.367. The van der Waals surface area contributed by atoms with Crippen LogP contribution in [0.2, 0.25) is 0 Å². The Hall–Kier alpha value is -2.50. The van der Waals surface area contributed by atoms with Crippen LogP contribution in [0.5, 0.6) is 0 Å². The van der Waals surface area contributed by atoms with Gasteiger partial charge in [0.15, 0.2) is 0 Å². The zero-order valence-corrected chi connectivity index (χ0v) is 16.0. The summed E-state index contributed by atoms with van der Waals surface area (Å²) in [4.78, 5) is 11.2. The minimum Gasteiger partial charge on any atom is -0.377 e. The third-order valence-corrected chi connectivity index (χ3v) is 4.90. The Morgan fingerprint density at radius 1 is 1.33 bits per heavy atom. The van der Waals surface area contributed by atoms with E-state index >= 15 is 0 Å². The van der Waals surface area contributed by atoms with Gasteiger partial charge in [0.05, 0.1) is 10.6 Å². The van der Waals surface area contributed by atoms with Gasteiger partial charge in [-0.3, -0.25) is 10.1 Å². The van der Waals surface area contributed by atoms with Crippen LogP contribution in [0.1, 0.15) is 45.6 Å². The number of halogens is 2. The standard InChI is InChI=1S/C21H26F2N2O2/c1-5-15(2)19(24-20(4)13-21(22,23)14-20)18(25(26)27)12-11-16(3)17-9-7-6-8-10-17/h6-12,15,24H,3,5,13-14H2,1-2,4H3/b12-11-,19-18-. The molecular weight excluding hydrogens is 350 g/mol. The molecule has 0 amide bonds. The first-order chi connectivity index (χ1) is 12.6. The van der Waals surface area contributed by atoms with Gasteiger partial charge in [-0.15, -0.1) is 0 Å². The molecule has 1 aliphatic rings. The van der Waals surface area contributed by atoms with Crippen molar-refractivity contribution in [3.05, 3.63) is 76.1 Å². The minimum atomic E-state index is -2.71. The maximum Gasteiger partial charge on any atom is 0.288 e. The highest BCUT2D eigenvalue weighted by molar-refractivity contribution is 5.72. The van der Waals surface area contributed by atoms with Gasteiger partial charge < -0.3 is 5.32 Å². The molecule has 0 spiro atoms. The number of allylic oxidation sites excluding steroid dienone is 4. The summed E-state index contributed by atoms with van der Waals surface area (Å²) in [7, 11) is 0. The average Bonchev–Trinajstić information content (AvgIpc) is 2.58. The minimum absolute atomic E-state index is 0.113. The van der Waals surface area contributed by atoms with E-state index in [1.807, 2.05) is 44.2 Å². The highest BCUT2D eigenvalue weighted by Gasteiger charge is 2.54. The smallest absolute Gasteiger partial charge is 0.288 e. The third kappa shape index (κ3) is 5.25. The van der Waals surface area contributed by atoms with Gasteiger partial charge in [0.2, 0.25) is 0 Å². The lowest BCUT2D eigenvalue weighted by atomic mass is 9.74. The summed E-state index contributed by atoms with van der Waals surface area (Å²) in [5.74, 6) is -2.87. The first kappa shape index (κ1) is 20.8. The molecule has 1 unspecified atom stereocenters. The molecule has 0 bridgehead atoms. The molecule has 27 heavy (non-hydrogen) atoms. The third-order valence-electron chi connectivity index (χ3n) is 4.90. The van der Waals surface area contributed by atoms with Crippen molar-refractivity contribution in [2.75, 3.05) is 0 Å². The first-order valence-corrected chi connectivity index (χ1v) is 9.04. The molecule has 4 nitrogen and oxygen atoms in total. The van der Waals surface area contributed by atoms with Crippen molar-refractivity contribution < 1.29 is 13.7 Å². The Morgan fingerprint density at radius 3 is 2.41 bits per heavy atom. The summed E-state index contributed by atoms with van der Waals surface area (Å²) in [6.45, 7) is 9.39. The Balaban J connectivity index is 2.33. The molecule has 1 saturated carbocycles. The molecule has 0 radical (unpaired) electrons. The van der Waals surface area contributed by atoms with E-state index in [-0.39, 0.29) is 24.5 Å². The maximum atomic E-state index is 13.4. The molecule has 2 rings (SSSR count). The number of hydrogen-bond acceptors (Lipinski definition) is 3. The number of rotatable bonds is 8. The molecule has 0 heterocycles. The van der Waals surface area contributed by atoms with E-state index in [1.54, 1.807) is 13.0 Å². The molecule has 146 valence electrons. The lowest BCUT2D eigenvalue weighted by Crippen LogP contribution is -2.59. The van der Waals surface area contributed by atoms with E-state index in [2.05, 4.69) is 11.9 Å². The molecule has 0 saturated heterocycles. The van der Waals surface area contributed by atoms with Gasteiger partial charge in [0.25, 0.3) is 11.6 Å². The second-order valence-electron chi connectivity index (χ2n) is 7.49. The number of nitrogens with one attached hydrogen (secondary N) is 1. The normalized spacial score (nSPS) is 19.7. The molecule has 1 fully saturated rings. The number of nitrogens with zero attached hydrogens (tertiary/aromatic N) is 1. The zero-order valence-electron chi connectivity index (χ0n) is 16.0. The SMILES string of the molecule is C=C(/C=C\C(=C(\NC1(C)CC(F)(F)C1)C(C)CC)[N+](=O)[O-])c1ccccc1. The van der Waals surface area contributed by atoms with Crippen molar-refractivity contribution in [1.29, 1.82) is 0 Å². The van der Waals surface area contributed by atoms with E-state index in [0.717, 1.165) is 5.56 Å². The first-order valence-electron chi connectivity index (χ1n) is 9.04. The fourth-order valence-electron chi connectivity index (χ4n) is 3.32. The van der Waals surface area contributed by atoms with Crippen molar-refractivity contribution in [2.45, 2.75) is 51.5 Å². The fourth-order valence-corrected chi connectivity index (χ4v) is 3.32. The molecule has 0 aliphatic heterocycles. The molecule has 1 aromatic carbocycles. The highest BCUT2D eigenvalue weighted by atomic mass is 19.3. The summed E-state index contributed by atoms with van der Waals surface area (Å²) < 4.78 is 26.7. The van der Waals surface area contributed by atoms with Crippen LogP contribution in [0.4, 0.5) is 8.78 Å². The summed E-state index contributed by atoms with van der Waals surface area (Å²) >= 11 is 0. The maximum absolute atomic E-state index is 13.4. The number of alkyl halides is 2. The largest absolute Gasteiger partial charge is 0.377 e. The van der Waals surface area contributed by atoms with Gasteiger partial charge in [0.1, 0.15) is 0 Å². The lowest BCUT2D eigenvalue weighted by Gasteiger charge is -2.46. The predicted molar refractivity (Wildman–Crippen MR) is 104 cm³/mol. The molecule has 1 N–H and O–H groups in total. The van der Waals surface area contributed by atoms with Crippen LogP contribution < -0.4 is 5.32 Å². The molecule has 1 aliphatic carbocycles. The lowest BCUT2D eigenvalue weighted by molar-refractivity contribution is -0.421. The van der Waals surface area contributed by atoms with Crippen LogP contribution in [-0.2, 0) is 0 Å². The van der Waals surface area contributed by atoms with Crippen molar-refractivity contribution in [3.8, 4) is 0 Å². The van der Waals surface area contributed by atoms with Crippen LogP contribution in [0.3, 0.4) is 0 Å². The fraction of sp³-hybridized carbons (Fsp3) is 0.429. The van der Waals surface area contributed by atoms with Gasteiger partial charge in [0, 0.05) is 30.4 Å². The molecule has 1 atom stereocenters. The second kappa shape index (κ2) is 8.03. The van der Waals surface area contributed by atoms with E-state index in [9.17, 15) is 18.9 Å². The van der Waals surface area contributed by atoms with Gasteiger partial charge in [-0.2, -0.15) is 0 Å². The van der Waals surface area contributed by atoms with Gasteiger partial charge in [-0.05, 0) is 30.6 Å². The van der Waals surface area contributed by atoms with E-state index in [1.165, 1.54) is 6.08 Å². The Bertz CT molecular complexity index is 762. The summed E-state index contributed by atoms with van der Waals surface area (Å²) in [5, 5.41) is 14.8. The van der Waals surface area contributed by atoms with Crippen molar-refractivity contribution in [3.63, 3.8) is 0 Å². The molecule has 6 heteroatoms. The van der Waals surface area contributed by atoms with Crippen LogP contribution in [0.25, 0.3) is 5.57 Å². The summed E-state index contributed by atoms with van der Waals surface area (Å²) in [6.07, 6.45) is 3.00.